The van der Waals surface area contributed by atoms with Gasteiger partial charge < -0.3 is 5.73 Å². The number of anilines is 1. The Kier molecular flexibility index (Phi) is 6.11. The summed E-state index contributed by atoms with van der Waals surface area (Å²) in [5.41, 5.74) is 11.7. The molecule has 2 amide bonds. The first-order valence-corrected chi connectivity index (χ1v) is 12.2. The highest BCUT2D eigenvalue weighted by Crippen LogP contribution is 2.29. The summed E-state index contributed by atoms with van der Waals surface area (Å²) in [5, 5.41) is 1.20. The molecule has 1 aromatic heterocycles. The lowest BCUT2D eigenvalue weighted by Crippen LogP contribution is -2.48. The number of thiazole rings is 1. The summed E-state index contributed by atoms with van der Waals surface area (Å²) in [6, 6.07) is 24.3. The van der Waals surface area contributed by atoms with E-state index in [-0.39, 0.29) is 17.4 Å². The number of rotatable bonds is 6. The standard InChI is InChI=1S/C25H19N5O2S2/c26-18-10-6-7-16(13-18)14-20-24(32)30(23(27-20)17-8-2-1-3-9-17)29-22(31)15-33-25-28-19-11-4-5-12-21(19)34-25/h1-14H,15,26H2,(H,29,31)/b20-14+. The van der Waals surface area contributed by atoms with Gasteiger partial charge >= 0.3 is 0 Å². The smallest absolute Gasteiger partial charge is 0.297 e. The van der Waals surface area contributed by atoms with Crippen LogP contribution < -0.4 is 11.2 Å². The number of nitrogens with zero attached hydrogens (tertiary/aromatic N) is 3. The lowest BCUT2D eigenvalue weighted by molar-refractivity contribution is -0.132. The first-order chi connectivity index (χ1) is 16.6. The summed E-state index contributed by atoms with van der Waals surface area (Å²) in [6.07, 6.45) is 1.66. The monoisotopic (exact) mass is 485 g/mol. The molecular formula is C25H19N5O2S2. The predicted molar refractivity (Wildman–Crippen MR) is 137 cm³/mol. The molecule has 3 N–H and O–H groups in total. The summed E-state index contributed by atoms with van der Waals surface area (Å²) < 4.78 is 1.86. The van der Waals surface area contributed by atoms with Gasteiger partial charge in [-0.25, -0.2) is 9.98 Å². The number of aliphatic imine (C=N–C) groups is 1. The lowest BCUT2D eigenvalue weighted by atomic mass is 10.1. The van der Waals surface area contributed by atoms with Crippen LogP contribution in [0.25, 0.3) is 16.3 Å². The minimum absolute atomic E-state index is 0.111. The van der Waals surface area contributed by atoms with Crippen molar-refractivity contribution in [1.82, 2.24) is 15.4 Å². The molecule has 34 heavy (non-hydrogen) atoms. The van der Waals surface area contributed by atoms with Gasteiger partial charge in [0.1, 0.15) is 5.70 Å². The molecule has 0 saturated carbocycles. The van der Waals surface area contributed by atoms with Crippen molar-refractivity contribution in [3.05, 3.63) is 95.7 Å². The van der Waals surface area contributed by atoms with Crippen LogP contribution in [0.15, 0.2) is 93.9 Å². The lowest BCUT2D eigenvalue weighted by Gasteiger charge is -2.19. The van der Waals surface area contributed by atoms with Crippen LogP contribution in [0, 0.1) is 0 Å². The van der Waals surface area contributed by atoms with Gasteiger partial charge in [0.05, 0.1) is 16.0 Å². The van der Waals surface area contributed by atoms with Gasteiger partial charge in [0.25, 0.3) is 5.91 Å². The van der Waals surface area contributed by atoms with Crippen LogP contribution in [0.4, 0.5) is 5.69 Å². The van der Waals surface area contributed by atoms with Crippen molar-refractivity contribution in [2.24, 2.45) is 4.99 Å². The fourth-order valence-electron chi connectivity index (χ4n) is 3.40. The van der Waals surface area contributed by atoms with Crippen molar-refractivity contribution in [2.75, 3.05) is 11.5 Å². The van der Waals surface area contributed by atoms with E-state index in [4.69, 9.17) is 5.73 Å². The molecule has 0 fully saturated rings. The largest absolute Gasteiger partial charge is 0.399 e. The maximum atomic E-state index is 13.2. The van der Waals surface area contributed by atoms with Gasteiger partial charge in [0, 0.05) is 11.3 Å². The minimum Gasteiger partial charge on any atom is -0.399 e. The summed E-state index contributed by atoms with van der Waals surface area (Å²) in [5.74, 6) is -0.273. The quantitative estimate of drug-likeness (QED) is 0.241. The number of hydrogen-bond acceptors (Lipinski definition) is 7. The average Bonchev–Trinajstić information content (AvgIpc) is 3.40. The number of benzene rings is 3. The Bertz CT molecular complexity index is 1410. The predicted octanol–water partition coefficient (Wildman–Crippen LogP) is 4.33. The maximum absolute atomic E-state index is 13.2. The van der Waals surface area contributed by atoms with E-state index in [1.54, 1.807) is 18.2 Å². The molecule has 1 aliphatic heterocycles. The molecule has 5 rings (SSSR count). The topological polar surface area (TPSA) is 101 Å². The molecule has 7 nitrogen and oxygen atoms in total. The number of aromatic nitrogens is 1. The second-order valence-electron chi connectivity index (χ2n) is 7.41. The number of amides is 2. The summed E-state index contributed by atoms with van der Waals surface area (Å²) >= 11 is 2.86. The van der Waals surface area contributed by atoms with Crippen molar-refractivity contribution < 1.29 is 9.59 Å². The van der Waals surface area contributed by atoms with Crippen molar-refractivity contribution in [3.63, 3.8) is 0 Å². The number of nitrogen functional groups attached to an aromatic ring is 1. The Morgan fingerprint density at radius 1 is 1.06 bits per heavy atom. The van der Waals surface area contributed by atoms with E-state index in [2.05, 4.69) is 15.4 Å². The van der Waals surface area contributed by atoms with Crippen molar-refractivity contribution in [3.8, 4) is 0 Å². The Hall–Kier alpha value is -3.95. The van der Waals surface area contributed by atoms with E-state index >= 15 is 0 Å². The Balaban J connectivity index is 1.35. The zero-order valence-corrected chi connectivity index (χ0v) is 19.5. The van der Waals surface area contributed by atoms with Gasteiger partial charge in [-0.05, 0) is 35.9 Å². The number of hydrogen-bond donors (Lipinski definition) is 2. The second kappa shape index (κ2) is 9.50. The molecule has 0 saturated heterocycles. The van der Waals surface area contributed by atoms with E-state index in [0.29, 0.717) is 17.1 Å². The number of carbonyl (C=O) groups is 2. The molecule has 0 unspecified atom stereocenters. The maximum Gasteiger partial charge on any atom is 0.297 e. The third kappa shape index (κ3) is 4.70. The number of thioether (sulfide) groups is 1. The molecule has 0 spiro atoms. The molecule has 3 aromatic carbocycles. The molecular weight excluding hydrogens is 466 g/mol. The van der Waals surface area contributed by atoms with Gasteiger partial charge in [-0.1, -0.05) is 66.4 Å². The van der Waals surface area contributed by atoms with Crippen LogP contribution in [-0.4, -0.2) is 33.4 Å². The minimum atomic E-state index is -0.417. The number of nitrogens with one attached hydrogen (secondary N) is 1. The Morgan fingerprint density at radius 2 is 1.85 bits per heavy atom. The summed E-state index contributed by atoms with van der Waals surface area (Å²) in [6.45, 7) is 0. The van der Waals surface area contributed by atoms with Crippen LogP contribution in [0.1, 0.15) is 11.1 Å². The number of fused-ring (bicyclic) bond motifs is 1. The number of carbonyl (C=O) groups excluding carboxylic acids is 2. The van der Waals surface area contributed by atoms with E-state index < -0.39 is 5.91 Å². The average molecular weight is 486 g/mol. The fraction of sp³-hybridized carbons (Fsp3) is 0.0400. The first-order valence-electron chi connectivity index (χ1n) is 10.4. The van der Waals surface area contributed by atoms with Crippen molar-refractivity contribution in [2.45, 2.75) is 4.34 Å². The number of amidine groups is 1. The molecule has 2 heterocycles. The zero-order chi connectivity index (χ0) is 23.5. The van der Waals surface area contributed by atoms with Gasteiger partial charge in [-0.3, -0.25) is 15.0 Å². The highest BCUT2D eigenvalue weighted by atomic mass is 32.2. The van der Waals surface area contributed by atoms with Gasteiger partial charge in [0.15, 0.2) is 10.2 Å². The van der Waals surface area contributed by atoms with Crippen molar-refractivity contribution in [1.29, 1.82) is 0 Å². The van der Waals surface area contributed by atoms with E-state index in [1.165, 1.54) is 28.1 Å². The summed E-state index contributed by atoms with van der Waals surface area (Å²) in [7, 11) is 0. The number of nitrogens with two attached hydrogens (primary N) is 1. The first kappa shape index (κ1) is 21.9. The van der Waals surface area contributed by atoms with Crippen LogP contribution in [-0.2, 0) is 9.59 Å². The second-order valence-corrected chi connectivity index (χ2v) is 9.67. The van der Waals surface area contributed by atoms with Crippen LogP contribution >= 0.6 is 23.1 Å². The molecule has 9 heteroatoms. The third-order valence-electron chi connectivity index (χ3n) is 4.94. The van der Waals surface area contributed by atoms with Gasteiger partial charge in [-0.15, -0.1) is 11.3 Å². The van der Waals surface area contributed by atoms with Crippen LogP contribution in [0.2, 0.25) is 0 Å². The van der Waals surface area contributed by atoms with Gasteiger partial charge in [0.2, 0.25) is 5.91 Å². The Morgan fingerprint density at radius 3 is 2.65 bits per heavy atom. The highest BCUT2D eigenvalue weighted by Gasteiger charge is 2.32. The highest BCUT2D eigenvalue weighted by molar-refractivity contribution is 8.01. The molecule has 1 aliphatic rings. The number of para-hydroxylation sites is 1. The van der Waals surface area contributed by atoms with E-state index in [1.807, 2.05) is 66.7 Å². The van der Waals surface area contributed by atoms with Crippen LogP contribution in [0.5, 0.6) is 0 Å². The zero-order valence-electron chi connectivity index (χ0n) is 17.8. The molecule has 168 valence electrons. The molecule has 4 aromatic rings. The van der Waals surface area contributed by atoms with E-state index in [0.717, 1.165) is 20.1 Å². The fourth-order valence-corrected chi connectivity index (χ4v) is 5.27. The Labute approximate surface area is 204 Å². The molecule has 0 radical (unpaired) electrons. The number of hydrazine groups is 1. The summed E-state index contributed by atoms with van der Waals surface area (Å²) in [4.78, 5) is 35.0. The molecule has 0 aliphatic carbocycles. The SMILES string of the molecule is Nc1cccc(/C=C2/N=C(c3ccccc3)N(NC(=O)CSc3nc4ccccc4s3)C2=O)c1. The van der Waals surface area contributed by atoms with E-state index in [9.17, 15) is 9.59 Å². The normalized spacial score (nSPS) is 14.6. The molecule has 0 bridgehead atoms. The molecule has 0 atom stereocenters. The van der Waals surface area contributed by atoms with Crippen molar-refractivity contribution >= 4 is 62.7 Å². The van der Waals surface area contributed by atoms with Crippen LogP contribution in [0.3, 0.4) is 0 Å². The van der Waals surface area contributed by atoms with Gasteiger partial charge in [-0.2, -0.15) is 5.01 Å². The third-order valence-corrected chi connectivity index (χ3v) is 7.12.